The van der Waals surface area contributed by atoms with Crippen LogP contribution in [0.25, 0.3) is 0 Å². The molecule has 2 rings (SSSR count). The van der Waals surface area contributed by atoms with Gasteiger partial charge < -0.3 is 4.74 Å². The monoisotopic (exact) mass is 233 g/mol. The minimum atomic E-state index is -0.359. The van der Waals surface area contributed by atoms with Crippen LogP contribution < -0.4 is 4.74 Å². The highest BCUT2D eigenvalue weighted by atomic mass is 16.5. The molecule has 0 aliphatic carbocycles. The third kappa shape index (κ3) is 1.79. The third-order valence-electron chi connectivity index (χ3n) is 3.30. The summed E-state index contributed by atoms with van der Waals surface area (Å²) in [7, 11) is 3.13. The quantitative estimate of drug-likeness (QED) is 0.727. The van der Waals surface area contributed by atoms with Gasteiger partial charge in [0.15, 0.2) is 0 Å². The maximum absolute atomic E-state index is 11.9. The number of carbonyl (C=O) groups excluding carboxylic acids is 2. The van der Waals surface area contributed by atoms with E-state index < -0.39 is 0 Å². The van der Waals surface area contributed by atoms with Crippen molar-refractivity contribution >= 4 is 11.8 Å². The van der Waals surface area contributed by atoms with Crippen LogP contribution in [-0.2, 0) is 9.59 Å². The molecule has 1 saturated heterocycles. The molecule has 0 N–H and O–H groups in total. The van der Waals surface area contributed by atoms with Crippen molar-refractivity contribution in [3.05, 3.63) is 29.3 Å². The zero-order chi connectivity index (χ0) is 12.6. The van der Waals surface area contributed by atoms with E-state index in [1.54, 1.807) is 7.11 Å². The van der Waals surface area contributed by atoms with E-state index in [0.29, 0.717) is 0 Å². The van der Waals surface area contributed by atoms with Crippen LogP contribution in [0.3, 0.4) is 0 Å². The molecule has 1 heterocycles. The number of hydrogen-bond acceptors (Lipinski definition) is 3. The van der Waals surface area contributed by atoms with Gasteiger partial charge >= 0.3 is 0 Å². The van der Waals surface area contributed by atoms with Gasteiger partial charge in [-0.2, -0.15) is 0 Å². The first kappa shape index (κ1) is 11.6. The fourth-order valence-corrected chi connectivity index (χ4v) is 2.23. The molecule has 0 saturated carbocycles. The summed E-state index contributed by atoms with van der Waals surface area (Å²) in [5, 5.41) is 0. The molecular formula is C13H15NO3. The van der Waals surface area contributed by atoms with Crippen LogP contribution in [-0.4, -0.2) is 30.9 Å². The molecule has 1 aliphatic heterocycles. The fourth-order valence-electron chi connectivity index (χ4n) is 2.23. The first-order chi connectivity index (χ1) is 8.06. The SMILES string of the molecule is COc1cccc(C2CC(=O)N(C)C2=O)c1C. The van der Waals surface area contributed by atoms with E-state index in [-0.39, 0.29) is 24.2 Å². The number of methoxy groups -OCH3 is 1. The van der Waals surface area contributed by atoms with E-state index in [4.69, 9.17) is 4.74 Å². The van der Waals surface area contributed by atoms with Crippen molar-refractivity contribution in [2.75, 3.05) is 14.2 Å². The van der Waals surface area contributed by atoms with Crippen LogP contribution in [0.2, 0.25) is 0 Å². The molecule has 0 bridgehead atoms. The molecule has 4 heteroatoms. The van der Waals surface area contributed by atoms with Crippen molar-refractivity contribution in [1.29, 1.82) is 0 Å². The first-order valence-corrected chi connectivity index (χ1v) is 5.50. The lowest BCUT2D eigenvalue weighted by molar-refractivity contribution is -0.137. The van der Waals surface area contributed by atoms with Gasteiger partial charge in [0.05, 0.1) is 13.0 Å². The fraction of sp³-hybridized carbons (Fsp3) is 0.385. The summed E-state index contributed by atoms with van der Waals surface area (Å²) >= 11 is 0. The summed E-state index contributed by atoms with van der Waals surface area (Å²) in [5.74, 6) is 0.133. The normalized spacial score (nSPS) is 19.9. The molecule has 1 aliphatic rings. The van der Waals surface area contributed by atoms with Gasteiger partial charge in [-0.15, -0.1) is 0 Å². The Balaban J connectivity index is 2.42. The van der Waals surface area contributed by atoms with E-state index in [9.17, 15) is 9.59 Å². The van der Waals surface area contributed by atoms with Crippen molar-refractivity contribution in [3.63, 3.8) is 0 Å². The number of likely N-dealkylation sites (tertiary alicyclic amines) is 1. The standard InChI is InChI=1S/C13H15NO3/c1-8-9(5-4-6-11(8)17-3)10-7-12(15)14(2)13(10)16/h4-6,10H,7H2,1-3H3. The molecular weight excluding hydrogens is 218 g/mol. The highest BCUT2D eigenvalue weighted by Gasteiger charge is 2.37. The van der Waals surface area contributed by atoms with Crippen molar-refractivity contribution in [2.45, 2.75) is 19.3 Å². The molecule has 1 unspecified atom stereocenters. The molecule has 0 radical (unpaired) electrons. The molecule has 4 nitrogen and oxygen atoms in total. The maximum Gasteiger partial charge on any atom is 0.236 e. The van der Waals surface area contributed by atoms with E-state index in [1.807, 2.05) is 25.1 Å². The molecule has 1 aromatic rings. The average molecular weight is 233 g/mol. The molecule has 0 spiro atoms. The molecule has 0 aromatic heterocycles. The second kappa shape index (κ2) is 4.20. The van der Waals surface area contributed by atoms with Gasteiger partial charge in [0.1, 0.15) is 5.75 Å². The lowest BCUT2D eigenvalue weighted by Crippen LogP contribution is -2.25. The number of likely N-dealkylation sites (N-methyl/N-ethyl adjacent to an activating group) is 1. The van der Waals surface area contributed by atoms with Crippen LogP contribution in [0, 0.1) is 6.92 Å². The number of ether oxygens (including phenoxy) is 1. The average Bonchev–Trinajstić information content (AvgIpc) is 2.57. The zero-order valence-corrected chi connectivity index (χ0v) is 10.2. The Hall–Kier alpha value is -1.84. The van der Waals surface area contributed by atoms with E-state index in [2.05, 4.69) is 0 Å². The van der Waals surface area contributed by atoms with Crippen molar-refractivity contribution < 1.29 is 14.3 Å². The maximum atomic E-state index is 11.9. The number of rotatable bonds is 2. The number of benzene rings is 1. The molecule has 1 aromatic carbocycles. The van der Waals surface area contributed by atoms with Crippen LogP contribution in [0.5, 0.6) is 5.75 Å². The van der Waals surface area contributed by atoms with E-state index in [1.165, 1.54) is 11.9 Å². The summed E-state index contributed by atoms with van der Waals surface area (Å²) in [6.07, 6.45) is 0.253. The highest BCUT2D eigenvalue weighted by Crippen LogP contribution is 2.33. The molecule has 2 amide bonds. The van der Waals surface area contributed by atoms with Gasteiger partial charge in [0.25, 0.3) is 0 Å². The Bertz CT molecular complexity index is 482. The zero-order valence-electron chi connectivity index (χ0n) is 10.2. The van der Waals surface area contributed by atoms with Gasteiger partial charge in [-0.25, -0.2) is 0 Å². The third-order valence-corrected chi connectivity index (χ3v) is 3.30. The van der Waals surface area contributed by atoms with Gasteiger partial charge in [-0.1, -0.05) is 12.1 Å². The van der Waals surface area contributed by atoms with Crippen molar-refractivity contribution in [3.8, 4) is 5.75 Å². The molecule has 1 atom stereocenters. The number of nitrogens with zero attached hydrogens (tertiary/aromatic N) is 1. The number of carbonyl (C=O) groups is 2. The van der Waals surface area contributed by atoms with E-state index in [0.717, 1.165) is 16.9 Å². The second-order valence-corrected chi connectivity index (χ2v) is 4.22. The lowest BCUT2D eigenvalue weighted by Gasteiger charge is -2.14. The van der Waals surface area contributed by atoms with E-state index >= 15 is 0 Å². The van der Waals surface area contributed by atoms with Crippen LogP contribution >= 0.6 is 0 Å². The van der Waals surface area contributed by atoms with Gasteiger partial charge in [0, 0.05) is 13.5 Å². The number of imide groups is 1. The van der Waals surface area contributed by atoms with Gasteiger partial charge in [-0.3, -0.25) is 14.5 Å². The summed E-state index contributed by atoms with van der Waals surface area (Å²) in [6.45, 7) is 1.91. The highest BCUT2D eigenvalue weighted by molar-refractivity contribution is 6.06. The van der Waals surface area contributed by atoms with Crippen molar-refractivity contribution in [2.24, 2.45) is 0 Å². The lowest BCUT2D eigenvalue weighted by atomic mass is 9.93. The first-order valence-electron chi connectivity index (χ1n) is 5.50. The summed E-state index contributed by atoms with van der Waals surface area (Å²) in [6, 6.07) is 5.58. The Labute approximate surface area is 100 Å². The van der Waals surface area contributed by atoms with Gasteiger partial charge in [-0.05, 0) is 24.1 Å². The largest absolute Gasteiger partial charge is 0.496 e. The van der Waals surface area contributed by atoms with Crippen LogP contribution in [0.4, 0.5) is 0 Å². The molecule has 1 fully saturated rings. The molecule has 90 valence electrons. The summed E-state index contributed by atoms with van der Waals surface area (Å²) in [5.41, 5.74) is 1.81. The summed E-state index contributed by atoms with van der Waals surface area (Å²) < 4.78 is 5.22. The number of hydrogen-bond donors (Lipinski definition) is 0. The van der Waals surface area contributed by atoms with Crippen LogP contribution in [0.1, 0.15) is 23.5 Å². The molecule has 17 heavy (non-hydrogen) atoms. The predicted molar refractivity (Wildman–Crippen MR) is 62.9 cm³/mol. The summed E-state index contributed by atoms with van der Waals surface area (Å²) in [4.78, 5) is 24.6. The topological polar surface area (TPSA) is 46.6 Å². The van der Waals surface area contributed by atoms with Crippen LogP contribution in [0.15, 0.2) is 18.2 Å². The van der Waals surface area contributed by atoms with Gasteiger partial charge in [0.2, 0.25) is 11.8 Å². The second-order valence-electron chi connectivity index (χ2n) is 4.22. The minimum absolute atomic E-state index is 0.123. The Morgan fingerprint density at radius 3 is 2.59 bits per heavy atom. The Kier molecular flexibility index (Phi) is 2.88. The predicted octanol–water partition coefficient (Wildman–Crippen LogP) is 1.48. The Morgan fingerprint density at radius 2 is 2.06 bits per heavy atom. The van der Waals surface area contributed by atoms with Crippen molar-refractivity contribution in [1.82, 2.24) is 4.90 Å². The smallest absolute Gasteiger partial charge is 0.236 e. The number of amides is 2. The minimum Gasteiger partial charge on any atom is -0.496 e. The Morgan fingerprint density at radius 1 is 1.35 bits per heavy atom.